The number of rotatable bonds is 4. The van der Waals surface area contributed by atoms with Crippen molar-refractivity contribution < 1.29 is 27.4 Å². The lowest BCUT2D eigenvalue weighted by atomic mass is 9.96. The van der Waals surface area contributed by atoms with Crippen molar-refractivity contribution in [2.75, 3.05) is 18.7 Å². The average molecular weight is 396 g/mol. The van der Waals surface area contributed by atoms with Gasteiger partial charge < -0.3 is 20.1 Å². The molecule has 4 rings (SSSR count). The van der Waals surface area contributed by atoms with Gasteiger partial charge >= 0.3 is 6.18 Å². The molecule has 0 saturated carbocycles. The summed E-state index contributed by atoms with van der Waals surface area (Å²) in [6, 6.07) is 2.52. The molecular formula is C18H19F3N4O3. The second-order valence-corrected chi connectivity index (χ2v) is 6.71. The fraction of sp³-hybridized carbons (Fsp3) is 0.444. The Morgan fingerprint density at radius 3 is 2.89 bits per heavy atom. The molecule has 2 aliphatic rings. The SMILES string of the molecule is CCCNC(=O)c1cnn2c1N[C@H](c1ccc3c(c1)OCO3)C[C@@H]2C(F)(F)F. The predicted octanol–water partition coefficient (Wildman–Crippen LogP) is 3.41. The first-order valence-corrected chi connectivity index (χ1v) is 8.97. The molecule has 7 nitrogen and oxygen atoms in total. The Bertz CT molecular complexity index is 897. The lowest BCUT2D eigenvalue weighted by Crippen LogP contribution is -2.36. The van der Waals surface area contributed by atoms with Crippen molar-refractivity contribution in [1.29, 1.82) is 0 Å². The summed E-state index contributed by atoms with van der Waals surface area (Å²) >= 11 is 0. The number of nitrogens with one attached hydrogen (secondary N) is 2. The summed E-state index contributed by atoms with van der Waals surface area (Å²) in [7, 11) is 0. The van der Waals surface area contributed by atoms with Crippen molar-refractivity contribution in [2.24, 2.45) is 0 Å². The maximum absolute atomic E-state index is 13.7. The van der Waals surface area contributed by atoms with Crippen LogP contribution in [-0.4, -0.2) is 35.2 Å². The predicted molar refractivity (Wildman–Crippen MR) is 93.5 cm³/mol. The first-order chi connectivity index (χ1) is 13.4. The Morgan fingerprint density at radius 1 is 1.36 bits per heavy atom. The van der Waals surface area contributed by atoms with E-state index in [1.807, 2.05) is 6.92 Å². The molecule has 0 unspecified atom stereocenters. The van der Waals surface area contributed by atoms with Crippen LogP contribution in [-0.2, 0) is 0 Å². The molecule has 28 heavy (non-hydrogen) atoms. The summed E-state index contributed by atoms with van der Waals surface area (Å²) in [6.45, 7) is 2.40. The Labute approximate surface area is 158 Å². The molecule has 2 atom stereocenters. The molecular weight excluding hydrogens is 377 g/mol. The number of carbonyl (C=O) groups excluding carboxylic acids is 1. The highest BCUT2D eigenvalue weighted by Crippen LogP contribution is 2.45. The van der Waals surface area contributed by atoms with Crippen LogP contribution in [0.4, 0.5) is 19.0 Å². The normalized spacial score (nSPS) is 20.4. The molecule has 0 fully saturated rings. The highest BCUT2D eigenvalue weighted by Gasteiger charge is 2.47. The summed E-state index contributed by atoms with van der Waals surface area (Å²) < 4.78 is 52.6. The summed E-state index contributed by atoms with van der Waals surface area (Å²) in [5, 5.41) is 9.58. The molecule has 2 N–H and O–H groups in total. The molecule has 0 aliphatic carbocycles. The molecule has 10 heteroatoms. The Hall–Kier alpha value is -2.91. The zero-order valence-electron chi connectivity index (χ0n) is 15.0. The zero-order chi connectivity index (χ0) is 19.9. The number of hydrogen-bond acceptors (Lipinski definition) is 5. The molecule has 0 spiro atoms. The first kappa shape index (κ1) is 18.5. The van der Waals surface area contributed by atoms with E-state index in [1.165, 1.54) is 6.20 Å². The van der Waals surface area contributed by atoms with E-state index in [-0.39, 0.29) is 24.6 Å². The van der Waals surface area contributed by atoms with E-state index in [9.17, 15) is 18.0 Å². The van der Waals surface area contributed by atoms with Crippen LogP contribution < -0.4 is 20.1 Å². The zero-order valence-corrected chi connectivity index (χ0v) is 15.0. The molecule has 0 radical (unpaired) electrons. The van der Waals surface area contributed by atoms with Gasteiger partial charge in [-0.1, -0.05) is 13.0 Å². The van der Waals surface area contributed by atoms with Crippen LogP contribution in [0.15, 0.2) is 24.4 Å². The molecule has 3 heterocycles. The minimum absolute atomic E-state index is 0.0600. The van der Waals surface area contributed by atoms with Crippen molar-refractivity contribution in [3.05, 3.63) is 35.5 Å². The van der Waals surface area contributed by atoms with Crippen LogP contribution in [0, 0.1) is 0 Å². The van der Waals surface area contributed by atoms with Crippen LogP contribution >= 0.6 is 0 Å². The van der Waals surface area contributed by atoms with Gasteiger partial charge in [0.1, 0.15) is 11.4 Å². The molecule has 2 aliphatic heterocycles. The number of hydrogen-bond donors (Lipinski definition) is 2. The number of carbonyl (C=O) groups is 1. The van der Waals surface area contributed by atoms with Crippen molar-refractivity contribution in [3.8, 4) is 11.5 Å². The molecule has 0 saturated heterocycles. The number of anilines is 1. The van der Waals surface area contributed by atoms with E-state index >= 15 is 0 Å². The van der Waals surface area contributed by atoms with E-state index in [2.05, 4.69) is 15.7 Å². The van der Waals surface area contributed by atoms with Crippen molar-refractivity contribution in [2.45, 2.75) is 38.0 Å². The van der Waals surface area contributed by atoms with E-state index in [0.717, 1.165) is 4.68 Å². The standard InChI is InChI=1S/C18H19F3N4O3/c1-2-5-22-17(26)11-8-23-25-15(18(19,20)21)7-12(24-16(11)25)10-3-4-13-14(6-10)28-9-27-13/h3-4,6,8,12,15,24H,2,5,7,9H2,1H3,(H,22,26)/t12-,15+/m0/s1. The van der Waals surface area contributed by atoms with Crippen LogP contribution in [0.25, 0.3) is 0 Å². The van der Waals surface area contributed by atoms with Crippen LogP contribution in [0.2, 0.25) is 0 Å². The molecule has 2 aromatic rings. The summed E-state index contributed by atoms with van der Waals surface area (Å²) in [5.74, 6) is 0.646. The highest BCUT2D eigenvalue weighted by molar-refractivity contribution is 5.98. The minimum Gasteiger partial charge on any atom is -0.454 e. The van der Waals surface area contributed by atoms with E-state index in [4.69, 9.17) is 9.47 Å². The Balaban J connectivity index is 1.70. The quantitative estimate of drug-likeness (QED) is 0.828. The Kier molecular flexibility index (Phi) is 4.56. The summed E-state index contributed by atoms with van der Waals surface area (Å²) in [5.41, 5.74) is 0.707. The van der Waals surface area contributed by atoms with Gasteiger partial charge in [0.05, 0.1) is 12.2 Å². The minimum atomic E-state index is -4.51. The maximum atomic E-state index is 13.7. The maximum Gasteiger partial charge on any atom is 0.410 e. The van der Waals surface area contributed by atoms with Gasteiger partial charge in [0, 0.05) is 13.0 Å². The van der Waals surface area contributed by atoms with Gasteiger partial charge in [-0.15, -0.1) is 0 Å². The number of ether oxygens (including phenoxy) is 2. The number of alkyl halides is 3. The Morgan fingerprint density at radius 2 is 2.14 bits per heavy atom. The molecule has 1 aromatic heterocycles. The van der Waals surface area contributed by atoms with E-state index < -0.39 is 24.2 Å². The van der Waals surface area contributed by atoms with Gasteiger partial charge in [0.25, 0.3) is 5.91 Å². The topological polar surface area (TPSA) is 77.4 Å². The van der Waals surface area contributed by atoms with Crippen molar-refractivity contribution >= 4 is 11.7 Å². The van der Waals surface area contributed by atoms with E-state index in [0.29, 0.717) is 30.0 Å². The number of fused-ring (bicyclic) bond motifs is 2. The van der Waals surface area contributed by atoms with Gasteiger partial charge in [-0.05, 0) is 24.1 Å². The van der Waals surface area contributed by atoms with Gasteiger partial charge in [-0.2, -0.15) is 18.3 Å². The second-order valence-electron chi connectivity index (χ2n) is 6.71. The molecule has 1 amide bonds. The van der Waals surface area contributed by atoms with Gasteiger partial charge in [0.15, 0.2) is 17.5 Å². The third kappa shape index (κ3) is 3.23. The second kappa shape index (κ2) is 6.92. The van der Waals surface area contributed by atoms with Crippen molar-refractivity contribution in [3.63, 3.8) is 0 Å². The molecule has 0 bridgehead atoms. The van der Waals surface area contributed by atoms with Gasteiger partial charge in [-0.3, -0.25) is 4.79 Å². The van der Waals surface area contributed by atoms with E-state index in [1.54, 1.807) is 18.2 Å². The first-order valence-electron chi connectivity index (χ1n) is 8.97. The third-order valence-electron chi connectivity index (χ3n) is 4.82. The molecule has 150 valence electrons. The van der Waals surface area contributed by atoms with Gasteiger partial charge in [-0.25, -0.2) is 4.68 Å². The fourth-order valence-electron chi connectivity index (χ4n) is 3.41. The highest BCUT2D eigenvalue weighted by atomic mass is 19.4. The number of aromatic nitrogens is 2. The van der Waals surface area contributed by atoms with Crippen LogP contribution in [0.1, 0.15) is 47.8 Å². The molecule has 1 aromatic carbocycles. The average Bonchev–Trinajstić information content (AvgIpc) is 3.30. The number of nitrogens with zero attached hydrogens (tertiary/aromatic N) is 2. The monoisotopic (exact) mass is 396 g/mol. The third-order valence-corrected chi connectivity index (χ3v) is 4.82. The van der Waals surface area contributed by atoms with Crippen molar-refractivity contribution in [1.82, 2.24) is 15.1 Å². The summed E-state index contributed by atoms with van der Waals surface area (Å²) in [6.07, 6.45) is -2.87. The van der Waals surface area contributed by atoms with Crippen LogP contribution in [0.3, 0.4) is 0 Å². The van der Waals surface area contributed by atoms with Crippen LogP contribution in [0.5, 0.6) is 11.5 Å². The largest absolute Gasteiger partial charge is 0.454 e. The fourth-order valence-corrected chi connectivity index (χ4v) is 3.41. The number of benzene rings is 1. The lowest BCUT2D eigenvalue weighted by molar-refractivity contribution is -0.173. The summed E-state index contributed by atoms with van der Waals surface area (Å²) in [4.78, 5) is 12.4. The lowest BCUT2D eigenvalue weighted by Gasteiger charge is -2.34. The number of amides is 1. The van der Waals surface area contributed by atoms with Gasteiger partial charge in [0.2, 0.25) is 6.79 Å². The smallest absolute Gasteiger partial charge is 0.410 e. The number of halogens is 3.